The molecule has 3 rings (SSSR count). The summed E-state index contributed by atoms with van der Waals surface area (Å²) in [6.45, 7) is 4.47. The summed E-state index contributed by atoms with van der Waals surface area (Å²) in [5.74, 6) is 2.78. The molecule has 1 aromatic carbocycles. The highest BCUT2D eigenvalue weighted by Crippen LogP contribution is 2.70. The van der Waals surface area contributed by atoms with E-state index in [-0.39, 0.29) is 11.9 Å². The first-order valence-corrected chi connectivity index (χ1v) is 6.94. The van der Waals surface area contributed by atoms with Gasteiger partial charge in [0.2, 0.25) is 0 Å². The first kappa shape index (κ1) is 12.5. The molecule has 0 radical (unpaired) electrons. The van der Waals surface area contributed by atoms with Gasteiger partial charge in [0.05, 0.1) is 13.5 Å². The number of phenolic OH excluding ortho intramolecular Hbond substituents is 1. The molecule has 4 atom stereocenters. The first-order valence-electron chi connectivity index (χ1n) is 6.94. The highest BCUT2D eigenvalue weighted by Gasteiger charge is 2.61. The third-order valence-electron chi connectivity index (χ3n) is 4.81. The van der Waals surface area contributed by atoms with Gasteiger partial charge in [-0.1, -0.05) is 19.9 Å². The second-order valence-electron chi connectivity index (χ2n) is 6.12. The van der Waals surface area contributed by atoms with Crippen molar-refractivity contribution in [2.24, 2.45) is 17.8 Å². The summed E-state index contributed by atoms with van der Waals surface area (Å²) in [5.41, 5.74) is 2.48. The molecule has 0 bridgehead atoms. The van der Waals surface area contributed by atoms with Gasteiger partial charge in [-0.15, -0.1) is 0 Å². The number of hydrogen-bond donors (Lipinski definition) is 1. The van der Waals surface area contributed by atoms with Gasteiger partial charge in [-0.2, -0.15) is 0 Å². The van der Waals surface area contributed by atoms with Crippen LogP contribution in [0.15, 0.2) is 18.2 Å². The second kappa shape index (κ2) is 4.26. The lowest BCUT2D eigenvalue weighted by Crippen LogP contribution is -2.12. The zero-order valence-electron chi connectivity index (χ0n) is 11.6. The number of aromatic hydroxyl groups is 1. The summed E-state index contributed by atoms with van der Waals surface area (Å²) in [6, 6.07) is 5.58. The maximum Gasteiger partial charge on any atom is 0.306 e. The van der Waals surface area contributed by atoms with Gasteiger partial charge < -0.3 is 9.84 Å². The number of methoxy groups -OCH3 is 1. The molecule has 3 nitrogen and oxygen atoms in total. The molecule has 102 valence electrons. The Kier molecular flexibility index (Phi) is 2.80. The van der Waals surface area contributed by atoms with Crippen molar-refractivity contribution in [2.45, 2.75) is 32.1 Å². The van der Waals surface area contributed by atoms with Crippen LogP contribution in [0.4, 0.5) is 0 Å². The second-order valence-corrected chi connectivity index (χ2v) is 6.12. The standard InChI is InChI=1S/C16H20O3/c1-8(2)14-15-11-6-9(17)4-5-10(11)12(16(14)15)7-13(18)19-3/h4-6,8,12,14-17H,7H2,1-3H3. The van der Waals surface area contributed by atoms with Crippen LogP contribution in [0, 0.1) is 17.8 Å². The molecule has 0 heterocycles. The van der Waals surface area contributed by atoms with E-state index < -0.39 is 0 Å². The van der Waals surface area contributed by atoms with Crippen molar-refractivity contribution < 1.29 is 14.6 Å². The van der Waals surface area contributed by atoms with Crippen LogP contribution in [-0.4, -0.2) is 18.2 Å². The molecule has 0 spiro atoms. The van der Waals surface area contributed by atoms with Crippen LogP contribution >= 0.6 is 0 Å². The minimum atomic E-state index is -0.140. The molecule has 0 amide bonds. The molecule has 1 aromatic rings. The number of fused-ring (bicyclic) bond motifs is 3. The van der Waals surface area contributed by atoms with Crippen molar-refractivity contribution >= 4 is 5.97 Å². The lowest BCUT2D eigenvalue weighted by molar-refractivity contribution is -0.141. The molecule has 1 saturated carbocycles. The van der Waals surface area contributed by atoms with E-state index in [0.29, 0.717) is 35.8 Å². The van der Waals surface area contributed by atoms with Gasteiger partial charge in [-0.25, -0.2) is 0 Å². The van der Waals surface area contributed by atoms with Crippen molar-refractivity contribution in [3.8, 4) is 5.75 Å². The molecule has 3 heteroatoms. The number of phenols is 1. The Morgan fingerprint density at radius 2 is 2.11 bits per heavy atom. The lowest BCUT2D eigenvalue weighted by Gasteiger charge is -2.18. The molecule has 4 unspecified atom stereocenters. The Labute approximate surface area is 113 Å². The van der Waals surface area contributed by atoms with Crippen molar-refractivity contribution in [1.82, 2.24) is 0 Å². The molecule has 0 saturated heterocycles. The average Bonchev–Trinajstić information content (AvgIpc) is 3.04. The van der Waals surface area contributed by atoms with E-state index in [9.17, 15) is 9.90 Å². The smallest absolute Gasteiger partial charge is 0.306 e. The SMILES string of the molecule is COC(=O)CC1c2ccc(O)cc2C2C(C(C)C)C12. The Hall–Kier alpha value is -1.51. The summed E-state index contributed by atoms with van der Waals surface area (Å²) in [7, 11) is 1.44. The quantitative estimate of drug-likeness (QED) is 0.850. The third kappa shape index (κ3) is 1.83. The van der Waals surface area contributed by atoms with Crippen LogP contribution in [0.25, 0.3) is 0 Å². The third-order valence-corrected chi connectivity index (χ3v) is 4.81. The summed E-state index contributed by atoms with van der Waals surface area (Å²) in [6.07, 6.45) is 0.457. The highest BCUT2D eigenvalue weighted by molar-refractivity contribution is 5.71. The van der Waals surface area contributed by atoms with Crippen molar-refractivity contribution in [3.05, 3.63) is 29.3 Å². The van der Waals surface area contributed by atoms with Crippen LogP contribution in [0.1, 0.15) is 43.2 Å². The summed E-state index contributed by atoms with van der Waals surface area (Å²) in [5, 5.41) is 9.68. The van der Waals surface area contributed by atoms with Gasteiger partial charge in [0, 0.05) is 0 Å². The van der Waals surface area contributed by atoms with Crippen LogP contribution < -0.4 is 0 Å². The van der Waals surface area contributed by atoms with Gasteiger partial charge in [0.1, 0.15) is 5.75 Å². The molecule has 1 N–H and O–H groups in total. The molecule has 1 fully saturated rings. The number of esters is 1. The molecular weight excluding hydrogens is 240 g/mol. The van der Waals surface area contributed by atoms with E-state index in [0.717, 1.165) is 0 Å². The zero-order valence-corrected chi connectivity index (χ0v) is 11.6. The fourth-order valence-corrected chi connectivity index (χ4v) is 4.06. The van der Waals surface area contributed by atoms with Crippen molar-refractivity contribution in [1.29, 1.82) is 0 Å². The van der Waals surface area contributed by atoms with E-state index in [1.807, 2.05) is 12.1 Å². The van der Waals surface area contributed by atoms with Gasteiger partial charge >= 0.3 is 5.97 Å². The van der Waals surface area contributed by atoms with E-state index in [2.05, 4.69) is 13.8 Å². The number of benzene rings is 1. The van der Waals surface area contributed by atoms with Crippen molar-refractivity contribution in [3.63, 3.8) is 0 Å². The van der Waals surface area contributed by atoms with Crippen LogP contribution in [0.2, 0.25) is 0 Å². The molecule has 0 aromatic heterocycles. The van der Waals surface area contributed by atoms with Gasteiger partial charge in [-0.05, 0) is 52.8 Å². The summed E-state index contributed by atoms with van der Waals surface area (Å²) < 4.78 is 4.83. The normalized spacial score (nSPS) is 30.9. The Morgan fingerprint density at radius 3 is 2.74 bits per heavy atom. The number of carbonyl (C=O) groups is 1. The van der Waals surface area contributed by atoms with Crippen molar-refractivity contribution in [2.75, 3.05) is 7.11 Å². The molecule has 2 aliphatic carbocycles. The largest absolute Gasteiger partial charge is 0.508 e. The Morgan fingerprint density at radius 1 is 1.37 bits per heavy atom. The fraction of sp³-hybridized carbons (Fsp3) is 0.562. The van der Waals surface area contributed by atoms with Crippen LogP contribution in [0.5, 0.6) is 5.75 Å². The van der Waals surface area contributed by atoms with Crippen LogP contribution in [0.3, 0.4) is 0 Å². The van der Waals surface area contributed by atoms with E-state index in [4.69, 9.17) is 4.74 Å². The first-order chi connectivity index (χ1) is 9.04. The van der Waals surface area contributed by atoms with E-state index in [1.54, 1.807) is 6.07 Å². The Balaban J connectivity index is 1.94. The predicted molar refractivity (Wildman–Crippen MR) is 72.0 cm³/mol. The summed E-state index contributed by atoms with van der Waals surface area (Å²) in [4.78, 5) is 11.6. The zero-order chi connectivity index (χ0) is 13.7. The predicted octanol–water partition coefficient (Wildman–Crippen LogP) is 3.04. The lowest BCUT2D eigenvalue weighted by atomic mass is 9.87. The van der Waals surface area contributed by atoms with Gasteiger partial charge in [0.25, 0.3) is 0 Å². The molecule has 2 aliphatic rings. The molecule has 0 aliphatic heterocycles. The minimum Gasteiger partial charge on any atom is -0.508 e. The van der Waals surface area contributed by atoms with Crippen LogP contribution in [-0.2, 0) is 9.53 Å². The summed E-state index contributed by atoms with van der Waals surface area (Å²) >= 11 is 0. The van der Waals surface area contributed by atoms with E-state index >= 15 is 0 Å². The number of hydrogen-bond acceptors (Lipinski definition) is 3. The minimum absolute atomic E-state index is 0.140. The molecular formula is C16H20O3. The number of carbonyl (C=O) groups excluding carboxylic acids is 1. The maximum absolute atomic E-state index is 11.6. The Bertz CT molecular complexity index is 521. The highest BCUT2D eigenvalue weighted by atomic mass is 16.5. The van der Waals surface area contributed by atoms with Gasteiger partial charge in [0.15, 0.2) is 0 Å². The fourth-order valence-electron chi connectivity index (χ4n) is 4.06. The topological polar surface area (TPSA) is 46.5 Å². The average molecular weight is 260 g/mol. The monoisotopic (exact) mass is 260 g/mol. The van der Waals surface area contributed by atoms with E-state index in [1.165, 1.54) is 18.2 Å². The number of rotatable bonds is 3. The van der Waals surface area contributed by atoms with Gasteiger partial charge in [-0.3, -0.25) is 4.79 Å². The maximum atomic E-state index is 11.6. The number of ether oxygens (including phenoxy) is 1. The molecule has 19 heavy (non-hydrogen) atoms.